The van der Waals surface area contributed by atoms with E-state index in [-0.39, 0.29) is 28.8 Å². The Morgan fingerprint density at radius 3 is 2.50 bits per heavy atom. The highest BCUT2D eigenvalue weighted by atomic mass is 19.1. The van der Waals surface area contributed by atoms with Gasteiger partial charge in [0.05, 0.1) is 11.6 Å². The molecule has 1 amide bonds. The molecule has 1 fully saturated rings. The van der Waals surface area contributed by atoms with Gasteiger partial charge in [0.1, 0.15) is 11.6 Å². The molecule has 0 aliphatic heterocycles. The summed E-state index contributed by atoms with van der Waals surface area (Å²) in [5.41, 5.74) is 1.05. The van der Waals surface area contributed by atoms with Crippen molar-refractivity contribution in [3.63, 3.8) is 0 Å². The minimum absolute atomic E-state index is 0.0232. The van der Waals surface area contributed by atoms with E-state index in [0.717, 1.165) is 17.7 Å². The molecule has 1 aliphatic rings. The second kappa shape index (κ2) is 5.00. The summed E-state index contributed by atoms with van der Waals surface area (Å²) in [5.74, 6) is -1.65. The van der Waals surface area contributed by atoms with Gasteiger partial charge in [0.15, 0.2) is 0 Å². The lowest BCUT2D eigenvalue weighted by Gasteiger charge is -2.07. The van der Waals surface area contributed by atoms with Gasteiger partial charge in [-0.05, 0) is 37.3 Å². The van der Waals surface area contributed by atoms with Crippen LogP contribution in [0.15, 0.2) is 29.8 Å². The maximum atomic E-state index is 13.5. The molecule has 2 rings (SSSR count). The van der Waals surface area contributed by atoms with E-state index < -0.39 is 11.6 Å². The Morgan fingerprint density at radius 2 is 1.95 bits per heavy atom. The molecule has 108 valence electrons. The third-order valence-corrected chi connectivity index (χ3v) is 3.90. The molecule has 0 aromatic heterocycles. The molecule has 2 atom stereocenters. The number of carbonyl (C=O) groups excluding carboxylic acids is 1. The predicted molar refractivity (Wildman–Crippen MR) is 75.2 cm³/mol. The van der Waals surface area contributed by atoms with Crippen molar-refractivity contribution in [3.8, 4) is 0 Å². The molecule has 0 saturated heterocycles. The number of rotatable bonds is 3. The summed E-state index contributed by atoms with van der Waals surface area (Å²) in [6.07, 6.45) is 2.07. The maximum absolute atomic E-state index is 13.5. The van der Waals surface area contributed by atoms with E-state index in [1.807, 2.05) is 27.7 Å². The van der Waals surface area contributed by atoms with Gasteiger partial charge in [-0.1, -0.05) is 25.5 Å². The summed E-state index contributed by atoms with van der Waals surface area (Å²) in [4.78, 5) is 12.2. The summed E-state index contributed by atoms with van der Waals surface area (Å²) in [6, 6.07) is 3.14. The third-order valence-electron chi connectivity index (χ3n) is 3.90. The Bertz CT molecular complexity index is 574. The van der Waals surface area contributed by atoms with Crippen LogP contribution in [-0.2, 0) is 4.79 Å². The van der Waals surface area contributed by atoms with E-state index in [0.29, 0.717) is 0 Å². The molecule has 0 heterocycles. The monoisotopic (exact) mass is 279 g/mol. The van der Waals surface area contributed by atoms with Gasteiger partial charge < -0.3 is 5.32 Å². The molecule has 4 heteroatoms. The molecule has 1 aliphatic carbocycles. The minimum atomic E-state index is -0.754. The van der Waals surface area contributed by atoms with Crippen molar-refractivity contribution in [1.29, 1.82) is 0 Å². The van der Waals surface area contributed by atoms with Crippen molar-refractivity contribution < 1.29 is 13.6 Å². The van der Waals surface area contributed by atoms with Crippen LogP contribution in [0.1, 0.15) is 27.7 Å². The zero-order chi connectivity index (χ0) is 15.1. The van der Waals surface area contributed by atoms with Crippen LogP contribution in [0, 0.1) is 28.9 Å². The number of anilines is 1. The van der Waals surface area contributed by atoms with Gasteiger partial charge in [-0.2, -0.15) is 0 Å². The fourth-order valence-corrected chi connectivity index (χ4v) is 2.65. The highest BCUT2D eigenvalue weighted by Crippen LogP contribution is 2.59. The molecule has 0 bridgehead atoms. The Morgan fingerprint density at radius 1 is 1.30 bits per heavy atom. The minimum Gasteiger partial charge on any atom is -0.323 e. The molecule has 1 aromatic rings. The van der Waals surface area contributed by atoms with Crippen molar-refractivity contribution in [2.45, 2.75) is 27.7 Å². The lowest BCUT2D eigenvalue weighted by atomic mass is 10.1. The molecule has 1 aromatic carbocycles. The Hall–Kier alpha value is -1.71. The van der Waals surface area contributed by atoms with E-state index in [2.05, 4.69) is 11.4 Å². The van der Waals surface area contributed by atoms with Crippen LogP contribution >= 0.6 is 0 Å². The largest absolute Gasteiger partial charge is 0.323 e. The van der Waals surface area contributed by atoms with Crippen LogP contribution in [0.5, 0.6) is 0 Å². The van der Waals surface area contributed by atoms with Gasteiger partial charge in [0, 0.05) is 6.07 Å². The van der Waals surface area contributed by atoms with Gasteiger partial charge in [-0.15, -0.1) is 0 Å². The SMILES string of the molecule is CC(C)=C[C@H]1[C@@H](C(=O)Nc2ccc(F)cc2F)C1(C)C. The molecular weight excluding hydrogens is 260 g/mol. The lowest BCUT2D eigenvalue weighted by Crippen LogP contribution is -2.17. The molecule has 0 spiro atoms. The Balaban J connectivity index is 2.12. The number of halogens is 2. The van der Waals surface area contributed by atoms with Crippen LogP contribution in [0.25, 0.3) is 0 Å². The van der Waals surface area contributed by atoms with Gasteiger partial charge >= 0.3 is 0 Å². The first-order valence-corrected chi connectivity index (χ1v) is 6.64. The summed E-state index contributed by atoms with van der Waals surface area (Å²) in [6.45, 7) is 8.01. The topological polar surface area (TPSA) is 29.1 Å². The Kier molecular flexibility index (Phi) is 3.67. The second-order valence-corrected chi connectivity index (χ2v) is 6.18. The number of hydrogen-bond acceptors (Lipinski definition) is 1. The zero-order valence-corrected chi connectivity index (χ0v) is 12.1. The summed E-state index contributed by atoms with van der Waals surface area (Å²) in [7, 11) is 0. The van der Waals surface area contributed by atoms with Crippen LogP contribution in [0.3, 0.4) is 0 Å². The molecular formula is C16H19F2NO. The van der Waals surface area contributed by atoms with Gasteiger partial charge in [0.25, 0.3) is 0 Å². The van der Waals surface area contributed by atoms with E-state index in [9.17, 15) is 13.6 Å². The molecule has 20 heavy (non-hydrogen) atoms. The van der Waals surface area contributed by atoms with Gasteiger partial charge in [-0.3, -0.25) is 4.79 Å². The normalized spacial score (nSPS) is 23.1. The average molecular weight is 279 g/mol. The molecule has 1 saturated carbocycles. The van der Waals surface area contributed by atoms with Crippen molar-refractivity contribution >= 4 is 11.6 Å². The lowest BCUT2D eigenvalue weighted by molar-refractivity contribution is -0.118. The van der Waals surface area contributed by atoms with E-state index in [1.165, 1.54) is 6.07 Å². The molecule has 2 nitrogen and oxygen atoms in total. The zero-order valence-electron chi connectivity index (χ0n) is 12.1. The quantitative estimate of drug-likeness (QED) is 0.828. The maximum Gasteiger partial charge on any atom is 0.228 e. The van der Waals surface area contributed by atoms with Crippen LogP contribution in [-0.4, -0.2) is 5.91 Å². The number of nitrogens with one attached hydrogen (secondary N) is 1. The number of carbonyl (C=O) groups is 1. The summed E-state index contributed by atoms with van der Waals surface area (Å²) < 4.78 is 26.4. The van der Waals surface area contributed by atoms with Crippen molar-refractivity contribution in [2.24, 2.45) is 17.3 Å². The third kappa shape index (κ3) is 2.74. The number of amides is 1. The number of allylic oxidation sites excluding steroid dienone is 2. The predicted octanol–water partition coefficient (Wildman–Crippen LogP) is 4.14. The number of hydrogen-bond donors (Lipinski definition) is 1. The smallest absolute Gasteiger partial charge is 0.228 e. The Labute approximate surface area is 117 Å². The van der Waals surface area contributed by atoms with Crippen molar-refractivity contribution in [1.82, 2.24) is 0 Å². The first-order chi connectivity index (χ1) is 9.23. The van der Waals surface area contributed by atoms with Crippen LogP contribution in [0.2, 0.25) is 0 Å². The first-order valence-electron chi connectivity index (χ1n) is 6.64. The fourth-order valence-electron chi connectivity index (χ4n) is 2.65. The van der Waals surface area contributed by atoms with E-state index in [4.69, 9.17) is 0 Å². The van der Waals surface area contributed by atoms with E-state index >= 15 is 0 Å². The van der Waals surface area contributed by atoms with E-state index in [1.54, 1.807) is 0 Å². The van der Waals surface area contributed by atoms with Crippen LogP contribution < -0.4 is 5.32 Å². The van der Waals surface area contributed by atoms with Crippen LogP contribution in [0.4, 0.5) is 14.5 Å². The summed E-state index contributed by atoms with van der Waals surface area (Å²) in [5, 5.41) is 2.55. The molecule has 0 unspecified atom stereocenters. The van der Waals surface area contributed by atoms with Gasteiger partial charge in [0.2, 0.25) is 5.91 Å². The highest BCUT2D eigenvalue weighted by molar-refractivity contribution is 5.95. The van der Waals surface area contributed by atoms with Gasteiger partial charge in [-0.25, -0.2) is 8.78 Å². The van der Waals surface area contributed by atoms with Crippen molar-refractivity contribution in [2.75, 3.05) is 5.32 Å². The molecule has 0 radical (unpaired) electrons. The molecule has 1 N–H and O–H groups in total. The first kappa shape index (κ1) is 14.7. The average Bonchev–Trinajstić information content (AvgIpc) is 2.83. The number of benzene rings is 1. The standard InChI is InChI=1S/C16H19F2NO/c1-9(2)7-11-14(16(11,3)4)15(20)19-13-6-5-10(17)8-12(13)18/h5-8,11,14H,1-4H3,(H,19,20)/t11-,14-/m0/s1. The summed E-state index contributed by atoms with van der Waals surface area (Å²) >= 11 is 0. The fraction of sp³-hybridized carbons (Fsp3) is 0.438. The van der Waals surface area contributed by atoms with Crippen molar-refractivity contribution in [3.05, 3.63) is 41.5 Å². The highest BCUT2D eigenvalue weighted by Gasteiger charge is 2.60. The second-order valence-electron chi connectivity index (χ2n) is 6.18.